The summed E-state index contributed by atoms with van der Waals surface area (Å²) in [5, 5.41) is 2.75. The van der Waals surface area contributed by atoms with Crippen LogP contribution >= 0.6 is 22.6 Å². The average Bonchev–Trinajstić information content (AvgIpc) is 2.74. The Balaban J connectivity index is 1.75. The first-order valence-corrected chi connectivity index (χ1v) is 11.3. The van der Waals surface area contributed by atoms with Crippen LogP contribution in [-0.2, 0) is 10.0 Å². The molecular formula is C21H19IN2O5S. The number of nitrogens with one attached hydrogen (secondary N) is 2. The second kappa shape index (κ2) is 9.35. The van der Waals surface area contributed by atoms with Gasteiger partial charge in [-0.3, -0.25) is 9.52 Å². The highest BCUT2D eigenvalue weighted by molar-refractivity contribution is 14.1. The smallest absolute Gasteiger partial charge is 0.262 e. The molecular weight excluding hydrogens is 519 g/mol. The van der Waals surface area contributed by atoms with Crippen molar-refractivity contribution in [2.75, 3.05) is 24.3 Å². The van der Waals surface area contributed by atoms with Gasteiger partial charge < -0.3 is 14.8 Å². The van der Waals surface area contributed by atoms with Crippen molar-refractivity contribution < 1.29 is 22.7 Å². The van der Waals surface area contributed by atoms with Gasteiger partial charge >= 0.3 is 0 Å². The zero-order valence-corrected chi connectivity index (χ0v) is 19.2. The molecule has 0 atom stereocenters. The molecule has 3 aromatic rings. The number of carbonyl (C=O) groups excluding carboxylic acids is 1. The van der Waals surface area contributed by atoms with E-state index in [4.69, 9.17) is 9.47 Å². The predicted molar refractivity (Wildman–Crippen MR) is 124 cm³/mol. The van der Waals surface area contributed by atoms with Gasteiger partial charge in [0, 0.05) is 20.9 Å². The first kappa shape index (κ1) is 21.9. The van der Waals surface area contributed by atoms with Crippen LogP contribution in [0.25, 0.3) is 0 Å². The van der Waals surface area contributed by atoms with Crippen LogP contribution in [0.5, 0.6) is 11.5 Å². The SMILES string of the molecule is COc1ccc(NS(=O)(=O)c2ccc(NC(=O)c3ccc(I)cc3)cc2)c(OC)c1. The van der Waals surface area contributed by atoms with E-state index in [-0.39, 0.29) is 16.5 Å². The van der Waals surface area contributed by atoms with Gasteiger partial charge in [0.15, 0.2) is 0 Å². The fourth-order valence-corrected chi connectivity index (χ4v) is 4.04. The van der Waals surface area contributed by atoms with Crippen LogP contribution in [0.3, 0.4) is 0 Å². The van der Waals surface area contributed by atoms with E-state index in [1.807, 2.05) is 12.1 Å². The quantitative estimate of drug-likeness (QED) is 0.436. The first-order valence-electron chi connectivity index (χ1n) is 8.74. The number of anilines is 2. The lowest BCUT2D eigenvalue weighted by Crippen LogP contribution is -2.14. The second-order valence-corrected chi connectivity index (χ2v) is 9.09. The number of hydrogen-bond acceptors (Lipinski definition) is 5. The molecule has 0 aromatic heterocycles. The Morgan fingerprint density at radius 3 is 2.17 bits per heavy atom. The molecule has 0 aliphatic rings. The van der Waals surface area contributed by atoms with E-state index in [0.717, 1.165) is 3.57 Å². The molecule has 3 aromatic carbocycles. The van der Waals surface area contributed by atoms with Gasteiger partial charge in [0.1, 0.15) is 11.5 Å². The molecule has 0 unspecified atom stereocenters. The van der Waals surface area contributed by atoms with E-state index in [1.165, 1.54) is 38.5 Å². The summed E-state index contributed by atoms with van der Waals surface area (Å²) in [5.41, 5.74) is 1.29. The van der Waals surface area contributed by atoms with Gasteiger partial charge in [-0.1, -0.05) is 0 Å². The van der Waals surface area contributed by atoms with Crippen molar-refractivity contribution in [3.05, 3.63) is 75.9 Å². The van der Waals surface area contributed by atoms with Crippen molar-refractivity contribution in [1.82, 2.24) is 0 Å². The number of benzene rings is 3. The summed E-state index contributed by atoms with van der Waals surface area (Å²) < 4.78 is 39.3. The van der Waals surface area contributed by atoms with Gasteiger partial charge in [-0.2, -0.15) is 0 Å². The maximum Gasteiger partial charge on any atom is 0.262 e. The van der Waals surface area contributed by atoms with Gasteiger partial charge in [-0.15, -0.1) is 0 Å². The molecule has 1 amide bonds. The topological polar surface area (TPSA) is 93.7 Å². The monoisotopic (exact) mass is 538 g/mol. The third-order valence-electron chi connectivity index (χ3n) is 4.18. The highest BCUT2D eigenvalue weighted by Gasteiger charge is 2.17. The van der Waals surface area contributed by atoms with E-state index in [0.29, 0.717) is 22.7 Å². The fourth-order valence-electron chi connectivity index (χ4n) is 2.61. The Morgan fingerprint density at radius 1 is 0.900 bits per heavy atom. The predicted octanol–water partition coefficient (Wildman–Crippen LogP) is 4.36. The average molecular weight is 538 g/mol. The van der Waals surface area contributed by atoms with Gasteiger partial charge in [-0.25, -0.2) is 8.42 Å². The molecule has 9 heteroatoms. The maximum absolute atomic E-state index is 12.7. The molecule has 0 heterocycles. The molecule has 0 radical (unpaired) electrons. The van der Waals surface area contributed by atoms with Crippen LogP contribution in [0.15, 0.2) is 71.6 Å². The molecule has 0 spiro atoms. The third-order valence-corrected chi connectivity index (χ3v) is 6.28. The molecule has 0 aliphatic carbocycles. The lowest BCUT2D eigenvalue weighted by atomic mass is 10.2. The first-order chi connectivity index (χ1) is 14.3. The number of halogens is 1. The third kappa shape index (κ3) is 5.22. The van der Waals surface area contributed by atoms with Crippen LogP contribution in [0.4, 0.5) is 11.4 Å². The molecule has 0 aliphatic heterocycles. The minimum atomic E-state index is -3.85. The van der Waals surface area contributed by atoms with Crippen molar-refractivity contribution >= 4 is 49.9 Å². The molecule has 0 saturated carbocycles. The zero-order valence-electron chi connectivity index (χ0n) is 16.2. The van der Waals surface area contributed by atoms with Crippen LogP contribution < -0.4 is 19.5 Å². The van der Waals surface area contributed by atoms with Crippen LogP contribution in [0, 0.1) is 3.57 Å². The molecule has 0 bridgehead atoms. The highest BCUT2D eigenvalue weighted by atomic mass is 127. The Labute approximate surface area is 188 Å². The van der Waals surface area contributed by atoms with Crippen molar-refractivity contribution in [3.63, 3.8) is 0 Å². The number of amides is 1. The van der Waals surface area contributed by atoms with Crippen molar-refractivity contribution in [1.29, 1.82) is 0 Å². The molecule has 3 rings (SSSR count). The molecule has 2 N–H and O–H groups in total. The Kier molecular flexibility index (Phi) is 6.83. The summed E-state index contributed by atoms with van der Waals surface area (Å²) in [4.78, 5) is 12.4. The number of carbonyl (C=O) groups is 1. The molecule has 30 heavy (non-hydrogen) atoms. The van der Waals surface area contributed by atoms with E-state index < -0.39 is 10.0 Å². The summed E-state index contributed by atoms with van der Waals surface area (Å²) in [6.45, 7) is 0. The van der Waals surface area contributed by atoms with E-state index >= 15 is 0 Å². The maximum atomic E-state index is 12.7. The van der Waals surface area contributed by atoms with E-state index in [2.05, 4.69) is 32.6 Å². The second-order valence-electron chi connectivity index (χ2n) is 6.16. The van der Waals surface area contributed by atoms with Gasteiger partial charge in [0.2, 0.25) is 0 Å². The van der Waals surface area contributed by atoms with Crippen molar-refractivity contribution in [2.24, 2.45) is 0 Å². The van der Waals surface area contributed by atoms with E-state index in [9.17, 15) is 13.2 Å². The Morgan fingerprint density at radius 2 is 1.57 bits per heavy atom. The molecule has 0 fully saturated rings. The molecule has 7 nitrogen and oxygen atoms in total. The number of sulfonamides is 1. The summed E-state index contributed by atoms with van der Waals surface area (Å²) in [6, 6.07) is 17.8. The molecule has 156 valence electrons. The van der Waals surface area contributed by atoms with Gasteiger partial charge in [-0.05, 0) is 83.3 Å². The minimum Gasteiger partial charge on any atom is -0.497 e. The molecule has 0 saturated heterocycles. The number of hydrogen-bond donors (Lipinski definition) is 2. The summed E-state index contributed by atoms with van der Waals surface area (Å²) in [6.07, 6.45) is 0. The summed E-state index contributed by atoms with van der Waals surface area (Å²) >= 11 is 2.16. The largest absolute Gasteiger partial charge is 0.497 e. The number of ether oxygens (including phenoxy) is 2. The highest BCUT2D eigenvalue weighted by Crippen LogP contribution is 2.31. The number of rotatable bonds is 7. The van der Waals surface area contributed by atoms with E-state index in [1.54, 1.807) is 30.3 Å². The van der Waals surface area contributed by atoms with Gasteiger partial charge in [0.05, 0.1) is 24.8 Å². The Hall–Kier alpha value is -2.79. The fraction of sp³-hybridized carbons (Fsp3) is 0.0952. The van der Waals surface area contributed by atoms with Crippen molar-refractivity contribution in [3.8, 4) is 11.5 Å². The normalized spacial score (nSPS) is 10.9. The number of methoxy groups -OCH3 is 2. The minimum absolute atomic E-state index is 0.0487. The summed E-state index contributed by atoms with van der Waals surface area (Å²) in [7, 11) is -0.899. The summed E-state index contributed by atoms with van der Waals surface area (Å²) in [5.74, 6) is 0.602. The van der Waals surface area contributed by atoms with Crippen LogP contribution in [0.1, 0.15) is 10.4 Å². The van der Waals surface area contributed by atoms with Crippen molar-refractivity contribution in [2.45, 2.75) is 4.90 Å². The Bertz CT molecular complexity index is 1150. The van der Waals surface area contributed by atoms with Crippen LogP contribution in [-0.4, -0.2) is 28.5 Å². The standard InChI is InChI=1S/C21H19IN2O5S/c1-28-17-9-12-19(20(13-17)29-2)24-30(26,27)18-10-7-16(8-11-18)23-21(25)14-3-5-15(22)6-4-14/h3-13,24H,1-2H3,(H,23,25). The lowest BCUT2D eigenvalue weighted by molar-refractivity contribution is 0.102. The van der Waals surface area contributed by atoms with Gasteiger partial charge in [0.25, 0.3) is 15.9 Å². The lowest BCUT2D eigenvalue weighted by Gasteiger charge is -2.13. The zero-order chi connectivity index (χ0) is 21.7. The van der Waals surface area contributed by atoms with Crippen LogP contribution in [0.2, 0.25) is 0 Å².